The fourth-order valence-electron chi connectivity index (χ4n) is 3.91. The number of benzene rings is 2. The second-order valence-electron chi connectivity index (χ2n) is 8.69. The molecule has 3 atom stereocenters. The van der Waals surface area contributed by atoms with Gasteiger partial charge in [0.2, 0.25) is 5.91 Å². The maximum atomic E-state index is 13.1. The minimum Gasteiger partial charge on any atom is -0.491 e. The van der Waals surface area contributed by atoms with Crippen molar-refractivity contribution in [1.29, 1.82) is 0 Å². The maximum absolute atomic E-state index is 13.1. The van der Waals surface area contributed by atoms with Crippen molar-refractivity contribution in [2.24, 2.45) is 0 Å². The number of aromatic nitrogens is 1. The Morgan fingerprint density at radius 3 is 2.30 bits per heavy atom. The van der Waals surface area contributed by atoms with Crippen LogP contribution in [-0.4, -0.2) is 17.0 Å². The Morgan fingerprint density at radius 1 is 0.909 bits per heavy atom. The van der Waals surface area contributed by atoms with Crippen molar-refractivity contribution >= 4 is 5.91 Å². The van der Waals surface area contributed by atoms with E-state index >= 15 is 0 Å². The van der Waals surface area contributed by atoms with E-state index in [1.807, 2.05) is 73.8 Å². The molecule has 0 saturated heterocycles. The van der Waals surface area contributed by atoms with Crippen LogP contribution in [0.2, 0.25) is 0 Å². The van der Waals surface area contributed by atoms with Crippen molar-refractivity contribution < 1.29 is 9.53 Å². The molecule has 0 bridgehead atoms. The van der Waals surface area contributed by atoms with Gasteiger partial charge in [-0.25, -0.2) is 0 Å². The van der Waals surface area contributed by atoms with E-state index in [4.69, 9.17) is 4.74 Å². The summed E-state index contributed by atoms with van der Waals surface area (Å²) >= 11 is 0. The monoisotopic (exact) mass is 444 g/mol. The summed E-state index contributed by atoms with van der Waals surface area (Å²) in [5.74, 6) is 0.682. The van der Waals surface area contributed by atoms with Crippen LogP contribution in [0, 0.1) is 0 Å². The van der Waals surface area contributed by atoms with Crippen LogP contribution >= 0.6 is 0 Å². The van der Waals surface area contributed by atoms with Gasteiger partial charge in [0.1, 0.15) is 5.75 Å². The Kier molecular flexibility index (Phi) is 9.49. The number of carbonyl (C=O) groups is 1. The number of hydrogen-bond donors (Lipinski definition) is 1. The number of rotatable bonds is 12. The van der Waals surface area contributed by atoms with Gasteiger partial charge in [-0.05, 0) is 68.5 Å². The van der Waals surface area contributed by atoms with E-state index in [-0.39, 0.29) is 24.0 Å². The molecule has 1 amide bonds. The second kappa shape index (κ2) is 12.8. The number of pyridine rings is 1. The van der Waals surface area contributed by atoms with Gasteiger partial charge in [-0.3, -0.25) is 9.78 Å². The van der Waals surface area contributed by atoms with E-state index in [9.17, 15) is 4.79 Å². The summed E-state index contributed by atoms with van der Waals surface area (Å²) in [5.41, 5.74) is 3.12. The first kappa shape index (κ1) is 24.5. The van der Waals surface area contributed by atoms with Crippen LogP contribution in [0.25, 0.3) is 0 Å². The average Bonchev–Trinajstić information content (AvgIpc) is 2.86. The van der Waals surface area contributed by atoms with Gasteiger partial charge in [0.05, 0.1) is 18.1 Å². The van der Waals surface area contributed by atoms with Gasteiger partial charge in [0.15, 0.2) is 0 Å². The predicted molar refractivity (Wildman–Crippen MR) is 134 cm³/mol. The normalized spacial score (nSPS) is 13.7. The molecule has 0 saturated carbocycles. The van der Waals surface area contributed by atoms with Crippen molar-refractivity contribution in [2.75, 3.05) is 0 Å². The Bertz CT molecular complexity index is 958. The van der Waals surface area contributed by atoms with Crippen LogP contribution in [0.15, 0.2) is 79.0 Å². The number of carbonyl (C=O) groups excluding carboxylic acids is 1. The van der Waals surface area contributed by atoms with Crippen molar-refractivity contribution in [3.63, 3.8) is 0 Å². The van der Waals surface area contributed by atoms with Crippen LogP contribution in [-0.2, 0) is 11.2 Å². The fraction of sp³-hybridized carbons (Fsp3) is 0.379. The number of hydrogen-bond acceptors (Lipinski definition) is 3. The van der Waals surface area contributed by atoms with E-state index in [0.29, 0.717) is 0 Å². The van der Waals surface area contributed by atoms with Crippen LogP contribution < -0.4 is 10.1 Å². The molecule has 0 aliphatic carbocycles. The first-order chi connectivity index (χ1) is 16.1. The van der Waals surface area contributed by atoms with E-state index in [0.717, 1.165) is 41.8 Å². The number of amides is 1. The SMILES string of the molecule is CCCCC(C)Oc1ccc(C(CCc2ccccn2)NC(=O)C(C)c2ccccc2)cc1. The third-order valence-corrected chi connectivity index (χ3v) is 6.01. The molecule has 0 aliphatic heterocycles. The molecule has 3 unspecified atom stereocenters. The lowest BCUT2D eigenvalue weighted by atomic mass is 9.97. The van der Waals surface area contributed by atoms with Gasteiger partial charge < -0.3 is 10.1 Å². The zero-order chi connectivity index (χ0) is 23.5. The van der Waals surface area contributed by atoms with Gasteiger partial charge in [-0.15, -0.1) is 0 Å². The van der Waals surface area contributed by atoms with Gasteiger partial charge >= 0.3 is 0 Å². The number of unbranched alkanes of at least 4 members (excludes halogenated alkanes) is 1. The average molecular weight is 445 g/mol. The molecule has 0 radical (unpaired) electrons. The summed E-state index contributed by atoms with van der Waals surface area (Å²) in [6, 6.07) is 23.9. The Labute approximate surface area is 198 Å². The Hall–Kier alpha value is -3.14. The molecule has 1 N–H and O–H groups in total. The molecule has 1 aromatic heterocycles. The fourth-order valence-corrected chi connectivity index (χ4v) is 3.91. The zero-order valence-electron chi connectivity index (χ0n) is 20.0. The standard InChI is InChI=1S/C29H36N2O2/c1-4-5-11-22(2)33-27-18-15-25(16-19-27)28(20-17-26-14-9-10-21-30-26)31-29(32)23(3)24-12-7-6-8-13-24/h6-10,12-16,18-19,21-23,28H,4-5,11,17,20H2,1-3H3,(H,31,32). The second-order valence-corrected chi connectivity index (χ2v) is 8.69. The molecule has 4 nitrogen and oxygen atoms in total. The molecule has 0 aliphatic rings. The topological polar surface area (TPSA) is 51.2 Å². The highest BCUT2D eigenvalue weighted by Crippen LogP contribution is 2.25. The lowest BCUT2D eigenvalue weighted by Gasteiger charge is -2.22. The molecular formula is C29H36N2O2. The highest BCUT2D eigenvalue weighted by Gasteiger charge is 2.20. The molecule has 3 rings (SSSR count). The van der Waals surface area contributed by atoms with Crippen molar-refractivity contribution in [3.8, 4) is 5.75 Å². The Balaban J connectivity index is 1.71. The largest absolute Gasteiger partial charge is 0.491 e. The lowest BCUT2D eigenvalue weighted by molar-refractivity contribution is -0.123. The molecular weight excluding hydrogens is 408 g/mol. The molecule has 2 aromatic carbocycles. The summed E-state index contributed by atoms with van der Waals surface area (Å²) in [7, 11) is 0. The minimum atomic E-state index is -0.217. The molecule has 33 heavy (non-hydrogen) atoms. The van der Waals surface area contributed by atoms with E-state index < -0.39 is 0 Å². The first-order valence-electron chi connectivity index (χ1n) is 12.1. The van der Waals surface area contributed by atoms with Crippen LogP contribution in [0.3, 0.4) is 0 Å². The van der Waals surface area contributed by atoms with Crippen LogP contribution in [0.4, 0.5) is 0 Å². The van der Waals surface area contributed by atoms with E-state index in [1.54, 1.807) is 0 Å². The van der Waals surface area contributed by atoms with Gasteiger partial charge in [0, 0.05) is 11.9 Å². The van der Waals surface area contributed by atoms with Gasteiger partial charge in [-0.2, -0.15) is 0 Å². The van der Waals surface area contributed by atoms with E-state index in [1.165, 1.54) is 12.8 Å². The van der Waals surface area contributed by atoms with Crippen molar-refractivity contribution in [2.45, 2.75) is 70.9 Å². The summed E-state index contributed by atoms with van der Waals surface area (Å²) in [6.45, 7) is 6.26. The summed E-state index contributed by atoms with van der Waals surface area (Å²) in [4.78, 5) is 17.5. The smallest absolute Gasteiger partial charge is 0.227 e. The predicted octanol–water partition coefficient (Wildman–Crippen LogP) is 6.63. The summed E-state index contributed by atoms with van der Waals surface area (Å²) in [6.07, 6.45) is 6.97. The molecule has 0 fully saturated rings. The lowest BCUT2D eigenvalue weighted by Crippen LogP contribution is -2.32. The third kappa shape index (κ3) is 7.74. The van der Waals surface area contributed by atoms with Crippen LogP contribution in [0.1, 0.15) is 75.2 Å². The maximum Gasteiger partial charge on any atom is 0.227 e. The van der Waals surface area contributed by atoms with Gasteiger partial charge in [-0.1, -0.05) is 68.3 Å². The highest BCUT2D eigenvalue weighted by atomic mass is 16.5. The molecule has 3 aromatic rings. The minimum absolute atomic E-state index is 0.0285. The quantitative estimate of drug-likeness (QED) is 0.341. The number of ether oxygens (including phenoxy) is 1. The zero-order valence-corrected chi connectivity index (χ0v) is 20.0. The molecule has 1 heterocycles. The highest BCUT2D eigenvalue weighted by molar-refractivity contribution is 5.83. The van der Waals surface area contributed by atoms with E-state index in [2.05, 4.69) is 36.3 Å². The third-order valence-electron chi connectivity index (χ3n) is 6.01. The number of nitrogens with zero attached hydrogens (tertiary/aromatic N) is 1. The molecule has 4 heteroatoms. The molecule has 174 valence electrons. The van der Waals surface area contributed by atoms with Crippen LogP contribution in [0.5, 0.6) is 5.75 Å². The molecule has 0 spiro atoms. The Morgan fingerprint density at radius 2 is 1.64 bits per heavy atom. The number of nitrogens with one attached hydrogen (secondary N) is 1. The summed E-state index contributed by atoms with van der Waals surface area (Å²) in [5, 5.41) is 3.28. The number of aryl methyl sites for hydroxylation is 1. The van der Waals surface area contributed by atoms with Crippen molar-refractivity contribution in [3.05, 3.63) is 95.8 Å². The van der Waals surface area contributed by atoms with Gasteiger partial charge in [0.25, 0.3) is 0 Å². The summed E-state index contributed by atoms with van der Waals surface area (Å²) < 4.78 is 6.06. The first-order valence-corrected chi connectivity index (χ1v) is 12.1. The van der Waals surface area contributed by atoms with Crippen molar-refractivity contribution in [1.82, 2.24) is 10.3 Å².